The number of benzene rings is 2. The Kier molecular flexibility index (Phi) is 4.31. The molecular weight excluding hydrogens is 279 g/mol. The standard InChI is InChI=1S/C16H16ClFO2/c1-9-7-15(20-3)10(2)6-12(9)16(19)13-8-11(17)4-5-14(13)18/h4-8,16,19H,1-3H3. The summed E-state index contributed by atoms with van der Waals surface area (Å²) in [6.07, 6.45) is -1.06. The van der Waals surface area contributed by atoms with Gasteiger partial charge in [0.15, 0.2) is 0 Å². The van der Waals surface area contributed by atoms with Gasteiger partial charge in [-0.3, -0.25) is 0 Å². The highest BCUT2D eigenvalue weighted by molar-refractivity contribution is 6.30. The lowest BCUT2D eigenvalue weighted by molar-refractivity contribution is 0.214. The third-order valence-electron chi connectivity index (χ3n) is 3.33. The van der Waals surface area contributed by atoms with Gasteiger partial charge >= 0.3 is 0 Å². The minimum Gasteiger partial charge on any atom is -0.496 e. The minimum atomic E-state index is -1.06. The molecule has 0 saturated carbocycles. The van der Waals surface area contributed by atoms with E-state index >= 15 is 0 Å². The van der Waals surface area contributed by atoms with Crippen LogP contribution in [0.25, 0.3) is 0 Å². The van der Waals surface area contributed by atoms with Gasteiger partial charge in [0.05, 0.1) is 7.11 Å². The molecule has 2 aromatic rings. The van der Waals surface area contributed by atoms with Crippen LogP contribution in [0.4, 0.5) is 4.39 Å². The molecule has 0 spiro atoms. The van der Waals surface area contributed by atoms with Gasteiger partial charge in [-0.2, -0.15) is 0 Å². The minimum absolute atomic E-state index is 0.171. The molecule has 0 aliphatic rings. The Morgan fingerprint density at radius 3 is 2.45 bits per heavy atom. The van der Waals surface area contributed by atoms with Crippen molar-refractivity contribution in [1.82, 2.24) is 0 Å². The SMILES string of the molecule is COc1cc(C)c(C(O)c2cc(Cl)ccc2F)cc1C. The predicted molar refractivity (Wildman–Crippen MR) is 77.9 cm³/mol. The first-order valence-electron chi connectivity index (χ1n) is 6.22. The van der Waals surface area contributed by atoms with E-state index in [0.29, 0.717) is 10.6 Å². The largest absolute Gasteiger partial charge is 0.496 e. The summed E-state index contributed by atoms with van der Waals surface area (Å²) in [5.74, 6) is 0.264. The average molecular weight is 295 g/mol. The van der Waals surface area contributed by atoms with Gasteiger partial charge in [-0.15, -0.1) is 0 Å². The second-order valence-corrected chi connectivity index (χ2v) is 5.18. The zero-order chi connectivity index (χ0) is 14.9. The number of hydrogen-bond donors (Lipinski definition) is 1. The zero-order valence-electron chi connectivity index (χ0n) is 11.6. The molecule has 1 atom stereocenters. The summed E-state index contributed by atoms with van der Waals surface area (Å²) in [6, 6.07) is 7.79. The molecule has 0 radical (unpaired) electrons. The summed E-state index contributed by atoms with van der Waals surface area (Å²) in [5, 5.41) is 10.8. The van der Waals surface area contributed by atoms with E-state index in [0.717, 1.165) is 16.9 Å². The average Bonchev–Trinajstić information content (AvgIpc) is 2.42. The number of rotatable bonds is 3. The van der Waals surface area contributed by atoms with Crippen LogP contribution in [0.3, 0.4) is 0 Å². The van der Waals surface area contributed by atoms with Crippen LogP contribution < -0.4 is 4.74 Å². The normalized spacial score (nSPS) is 12.3. The fourth-order valence-corrected chi connectivity index (χ4v) is 2.40. The Labute approximate surface area is 122 Å². The topological polar surface area (TPSA) is 29.5 Å². The Morgan fingerprint density at radius 2 is 1.80 bits per heavy atom. The highest BCUT2D eigenvalue weighted by atomic mass is 35.5. The number of aliphatic hydroxyl groups excluding tert-OH is 1. The van der Waals surface area contributed by atoms with Gasteiger partial charge < -0.3 is 9.84 Å². The van der Waals surface area contributed by atoms with Crippen LogP contribution in [-0.4, -0.2) is 12.2 Å². The smallest absolute Gasteiger partial charge is 0.129 e. The third-order valence-corrected chi connectivity index (χ3v) is 3.57. The Balaban J connectivity index is 2.50. The molecule has 0 aliphatic heterocycles. The first kappa shape index (κ1) is 14.8. The van der Waals surface area contributed by atoms with Crippen LogP contribution in [0.15, 0.2) is 30.3 Å². The molecule has 0 amide bonds. The van der Waals surface area contributed by atoms with Crippen molar-refractivity contribution in [1.29, 1.82) is 0 Å². The van der Waals surface area contributed by atoms with E-state index in [1.54, 1.807) is 13.2 Å². The van der Waals surface area contributed by atoms with Gasteiger partial charge in [0.1, 0.15) is 17.7 Å². The lowest BCUT2D eigenvalue weighted by Gasteiger charge is -2.17. The maximum atomic E-state index is 13.8. The fraction of sp³-hybridized carbons (Fsp3) is 0.250. The first-order chi connectivity index (χ1) is 9.43. The van der Waals surface area contributed by atoms with Crippen molar-refractivity contribution in [3.05, 3.63) is 63.4 Å². The number of aryl methyl sites for hydroxylation is 2. The molecule has 0 heterocycles. The second kappa shape index (κ2) is 5.81. The quantitative estimate of drug-likeness (QED) is 0.920. The van der Waals surface area contributed by atoms with Gasteiger partial charge in [0.25, 0.3) is 0 Å². The van der Waals surface area contributed by atoms with E-state index in [9.17, 15) is 9.50 Å². The molecule has 0 aliphatic carbocycles. The lowest BCUT2D eigenvalue weighted by atomic mass is 9.95. The molecule has 2 aromatic carbocycles. The summed E-state index contributed by atoms with van der Waals surface area (Å²) >= 11 is 5.87. The molecule has 0 saturated heterocycles. The van der Waals surface area contributed by atoms with Crippen LogP contribution in [0.1, 0.15) is 28.4 Å². The van der Waals surface area contributed by atoms with Crippen molar-refractivity contribution in [2.75, 3.05) is 7.11 Å². The van der Waals surface area contributed by atoms with Crippen molar-refractivity contribution in [3.8, 4) is 5.75 Å². The van der Waals surface area contributed by atoms with Crippen molar-refractivity contribution in [3.63, 3.8) is 0 Å². The van der Waals surface area contributed by atoms with Crippen LogP contribution in [0, 0.1) is 19.7 Å². The van der Waals surface area contributed by atoms with Gasteiger partial charge in [0, 0.05) is 10.6 Å². The molecule has 0 bridgehead atoms. The van der Waals surface area contributed by atoms with E-state index in [2.05, 4.69) is 0 Å². The number of aliphatic hydroxyl groups is 1. The second-order valence-electron chi connectivity index (χ2n) is 4.75. The van der Waals surface area contributed by atoms with Crippen molar-refractivity contribution >= 4 is 11.6 Å². The Morgan fingerprint density at radius 1 is 1.10 bits per heavy atom. The number of halogens is 2. The monoisotopic (exact) mass is 294 g/mol. The van der Waals surface area contributed by atoms with Crippen molar-refractivity contribution < 1.29 is 14.2 Å². The van der Waals surface area contributed by atoms with Crippen molar-refractivity contribution in [2.24, 2.45) is 0 Å². The molecule has 20 heavy (non-hydrogen) atoms. The summed E-state index contributed by atoms with van der Waals surface area (Å²) in [7, 11) is 1.59. The first-order valence-corrected chi connectivity index (χ1v) is 6.60. The van der Waals surface area contributed by atoms with Gasteiger partial charge in [0.2, 0.25) is 0 Å². The summed E-state index contributed by atoms with van der Waals surface area (Å²) in [4.78, 5) is 0. The Bertz CT molecular complexity index is 641. The number of hydrogen-bond acceptors (Lipinski definition) is 2. The van der Waals surface area contributed by atoms with Gasteiger partial charge in [-0.25, -0.2) is 4.39 Å². The molecule has 0 fully saturated rings. The summed E-state index contributed by atoms with van der Waals surface area (Å²) in [6.45, 7) is 3.73. The lowest BCUT2D eigenvalue weighted by Crippen LogP contribution is -2.05. The maximum absolute atomic E-state index is 13.8. The molecule has 0 aromatic heterocycles. The number of ether oxygens (including phenoxy) is 1. The predicted octanol–water partition coefficient (Wildman–Crippen LogP) is 4.19. The van der Waals surface area contributed by atoms with Gasteiger partial charge in [-0.05, 0) is 60.9 Å². The van der Waals surface area contributed by atoms with E-state index < -0.39 is 11.9 Å². The van der Waals surface area contributed by atoms with Crippen molar-refractivity contribution in [2.45, 2.75) is 20.0 Å². The van der Waals surface area contributed by atoms with E-state index in [1.165, 1.54) is 18.2 Å². The molecule has 4 heteroatoms. The molecule has 1 unspecified atom stereocenters. The van der Waals surface area contributed by atoms with Crippen LogP contribution >= 0.6 is 11.6 Å². The summed E-state index contributed by atoms with van der Waals surface area (Å²) in [5.41, 5.74) is 2.53. The van der Waals surface area contributed by atoms with E-state index in [1.807, 2.05) is 19.9 Å². The molecule has 2 nitrogen and oxygen atoms in total. The molecular formula is C16H16ClFO2. The highest BCUT2D eigenvalue weighted by Crippen LogP contribution is 2.32. The molecule has 106 valence electrons. The van der Waals surface area contributed by atoms with Crippen LogP contribution in [-0.2, 0) is 0 Å². The fourth-order valence-electron chi connectivity index (χ4n) is 2.22. The Hall–Kier alpha value is -1.58. The van der Waals surface area contributed by atoms with E-state index in [4.69, 9.17) is 16.3 Å². The summed E-state index contributed by atoms with van der Waals surface area (Å²) < 4.78 is 19.1. The molecule has 2 rings (SSSR count). The third kappa shape index (κ3) is 2.79. The van der Waals surface area contributed by atoms with E-state index in [-0.39, 0.29) is 5.56 Å². The highest BCUT2D eigenvalue weighted by Gasteiger charge is 2.18. The van der Waals surface area contributed by atoms with Crippen LogP contribution in [0.5, 0.6) is 5.75 Å². The maximum Gasteiger partial charge on any atom is 0.129 e. The van der Waals surface area contributed by atoms with Crippen LogP contribution in [0.2, 0.25) is 5.02 Å². The number of methoxy groups -OCH3 is 1. The zero-order valence-corrected chi connectivity index (χ0v) is 12.3. The van der Waals surface area contributed by atoms with Gasteiger partial charge in [-0.1, -0.05) is 11.6 Å². The molecule has 1 N–H and O–H groups in total.